The van der Waals surface area contributed by atoms with Gasteiger partial charge in [-0.15, -0.1) is 0 Å². The Kier molecular flexibility index (Phi) is 3.31. The van der Waals surface area contributed by atoms with E-state index < -0.39 is 17.7 Å². The van der Waals surface area contributed by atoms with Crippen LogP contribution in [0.1, 0.15) is 20.7 Å². The van der Waals surface area contributed by atoms with Crippen LogP contribution < -0.4 is 0 Å². The maximum absolute atomic E-state index is 11.8. The first-order valence-electron chi connectivity index (χ1n) is 5.26. The number of rotatable bonds is 5. The molecule has 6 nitrogen and oxygen atoms in total. The number of carboxylic acids is 1. The Morgan fingerprint density at radius 3 is 2.50 bits per heavy atom. The van der Waals surface area contributed by atoms with Crippen LogP contribution in [-0.4, -0.2) is 43.2 Å². The highest BCUT2D eigenvalue weighted by atomic mass is 16.8. The van der Waals surface area contributed by atoms with E-state index in [1.165, 1.54) is 19.2 Å². The van der Waals surface area contributed by atoms with Gasteiger partial charge in [0, 0.05) is 7.11 Å². The summed E-state index contributed by atoms with van der Waals surface area (Å²) >= 11 is 0. The molecule has 1 saturated heterocycles. The molecule has 1 aliphatic heterocycles. The zero-order chi connectivity index (χ0) is 13.2. The maximum atomic E-state index is 11.8. The SMILES string of the molecule is COC1(COC(=O)c2ccccc2C(=O)O)CO1. The lowest BCUT2D eigenvalue weighted by Crippen LogP contribution is -2.24. The molecule has 1 aromatic rings. The molecule has 2 rings (SSSR count). The van der Waals surface area contributed by atoms with Crippen molar-refractivity contribution in [3.8, 4) is 0 Å². The van der Waals surface area contributed by atoms with E-state index in [1.807, 2.05) is 0 Å². The van der Waals surface area contributed by atoms with E-state index in [0.717, 1.165) is 0 Å². The van der Waals surface area contributed by atoms with Crippen molar-refractivity contribution in [2.45, 2.75) is 5.79 Å². The molecule has 1 aliphatic rings. The van der Waals surface area contributed by atoms with Gasteiger partial charge in [0.2, 0.25) is 5.79 Å². The summed E-state index contributed by atoms with van der Waals surface area (Å²) in [6.07, 6.45) is 0. The third-order valence-electron chi connectivity index (χ3n) is 2.64. The van der Waals surface area contributed by atoms with Crippen molar-refractivity contribution in [1.82, 2.24) is 0 Å². The summed E-state index contributed by atoms with van der Waals surface area (Å²) in [5.41, 5.74) is -0.0809. The number of epoxide rings is 1. The first kappa shape index (κ1) is 12.5. The van der Waals surface area contributed by atoms with Crippen LogP contribution in [0, 0.1) is 0 Å². The fourth-order valence-corrected chi connectivity index (χ4v) is 1.44. The summed E-state index contributed by atoms with van der Waals surface area (Å²) in [6.45, 7) is 0.299. The van der Waals surface area contributed by atoms with E-state index >= 15 is 0 Å². The number of methoxy groups -OCH3 is 1. The molecule has 0 radical (unpaired) electrons. The number of carbonyl (C=O) groups is 2. The van der Waals surface area contributed by atoms with Gasteiger partial charge < -0.3 is 19.3 Å². The van der Waals surface area contributed by atoms with Crippen LogP contribution in [-0.2, 0) is 14.2 Å². The molecule has 1 fully saturated rings. The Balaban J connectivity index is 2.07. The second-order valence-electron chi connectivity index (χ2n) is 3.83. The highest BCUT2D eigenvalue weighted by Crippen LogP contribution is 2.28. The van der Waals surface area contributed by atoms with Gasteiger partial charge in [-0.3, -0.25) is 0 Å². The van der Waals surface area contributed by atoms with Gasteiger partial charge in [0.15, 0.2) is 0 Å². The highest BCUT2D eigenvalue weighted by Gasteiger charge is 2.47. The zero-order valence-electron chi connectivity index (χ0n) is 9.71. The van der Waals surface area contributed by atoms with Gasteiger partial charge in [0.05, 0.1) is 11.1 Å². The van der Waals surface area contributed by atoms with E-state index in [9.17, 15) is 9.59 Å². The normalized spacial score (nSPS) is 21.4. The number of aromatic carboxylic acids is 1. The van der Waals surface area contributed by atoms with Gasteiger partial charge in [-0.1, -0.05) is 12.1 Å². The van der Waals surface area contributed by atoms with E-state index in [1.54, 1.807) is 12.1 Å². The van der Waals surface area contributed by atoms with Crippen LogP contribution in [0.15, 0.2) is 24.3 Å². The van der Waals surface area contributed by atoms with E-state index in [0.29, 0.717) is 6.61 Å². The summed E-state index contributed by atoms with van der Waals surface area (Å²) in [4.78, 5) is 22.7. The predicted octanol–water partition coefficient (Wildman–Crippen LogP) is 0.914. The largest absolute Gasteiger partial charge is 0.478 e. The number of carbonyl (C=O) groups excluding carboxylic acids is 1. The number of benzene rings is 1. The number of esters is 1. The number of hydrogen-bond acceptors (Lipinski definition) is 5. The molecule has 18 heavy (non-hydrogen) atoms. The van der Waals surface area contributed by atoms with Crippen molar-refractivity contribution in [3.05, 3.63) is 35.4 Å². The van der Waals surface area contributed by atoms with Crippen molar-refractivity contribution in [2.24, 2.45) is 0 Å². The lowest BCUT2D eigenvalue weighted by Gasteiger charge is -2.11. The monoisotopic (exact) mass is 252 g/mol. The third-order valence-corrected chi connectivity index (χ3v) is 2.64. The van der Waals surface area contributed by atoms with Gasteiger partial charge >= 0.3 is 11.9 Å². The Labute approximate surface area is 103 Å². The molecule has 0 bridgehead atoms. The molecule has 1 aromatic carbocycles. The standard InChI is InChI=1S/C12H12O6/c1-16-12(7-18-12)6-17-11(15)9-5-3-2-4-8(9)10(13)14/h2-5H,6-7H2,1H3,(H,13,14). The molecule has 1 heterocycles. The molecule has 0 aliphatic carbocycles. The molecule has 1 atom stereocenters. The van der Waals surface area contributed by atoms with Crippen molar-refractivity contribution in [2.75, 3.05) is 20.3 Å². The lowest BCUT2D eigenvalue weighted by atomic mass is 10.1. The van der Waals surface area contributed by atoms with Gasteiger partial charge in [0.1, 0.15) is 13.2 Å². The van der Waals surface area contributed by atoms with Crippen molar-refractivity contribution in [1.29, 1.82) is 0 Å². The van der Waals surface area contributed by atoms with Crippen LogP contribution in [0.3, 0.4) is 0 Å². The smallest absolute Gasteiger partial charge is 0.339 e. The quantitative estimate of drug-likeness (QED) is 0.619. The second-order valence-corrected chi connectivity index (χ2v) is 3.83. The topological polar surface area (TPSA) is 85.4 Å². The van der Waals surface area contributed by atoms with Gasteiger partial charge in [-0.05, 0) is 12.1 Å². The maximum Gasteiger partial charge on any atom is 0.339 e. The second kappa shape index (κ2) is 4.75. The minimum atomic E-state index is -1.17. The summed E-state index contributed by atoms with van der Waals surface area (Å²) in [6, 6.07) is 5.86. The van der Waals surface area contributed by atoms with Crippen LogP contribution in [0.4, 0.5) is 0 Å². The Morgan fingerprint density at radius 2 is 2.00 bits per heavy atom. The average Bonchev–Trinajstić information content (AvgIpc) is 3.16. The van der Waals surface area contributed by atoms with Gasteiger partial charge in [-0.2, -0.15) is 0 Å². The van der Waals surface area contributed by atoms with Crippen molar-refractivity contribution in [3.63, 3.8) is 0 Å². The molecular weight excluding hydrogens is 240 g/mol. The summed E-state index contributed by atoms with van der Waals surface area (Å²) in [7, 11) is 1.45. The molecule has 1 N–H and O–H groups in total. The summed E-state index contributed by atoms with van der Waals surface area (Å²) < 4.78 is 15.0. The van der Waals surface area contributed by atoms with Gasteiger partial charge in [0.25, 0.3) is 0 Å². The summed E-state index contributed by atoms with van der Waals surface area (Å²) in [5, 5.41) is 8.94. The molecule has 96 valence electrons. The summed E-state index contributed by atoms with van der Waals surface area (Å²) in [5.74, 6) is -2.74. The van der Waals surface area contributed by atoms with Crippen molar-refractivity contribution >= 4 is 11.9 Å². The molecule has 0 spiro atoms. The number of ether oxygens (including phenoxy) is 3. The molecule has 6 heteroatoms. The molecular formula is C12H12O6. The molecule has 0 saturated carbocycles. The van der Waals surface area contributed by atoms with E-state index in [-0.39, 0.29) is 17.7 Å². The molecule has 1 unspecified atom stereocenters. The van der Waals surface area contributed by atoms with Crippen molar-refractivity contribution < 1.29 is 28.9 Å². The average molecular weight is 252 g/mol. The minimum absolute atomic E-state index is 0.0110. The predicted molar refractivity (Wildman–Crippen MR) is 59.4 cm³/mol. The van der Waals surface area contributed by atoms with Gasteiger partial charge in [-0.25, -0.2) is 9.59 Å². The molecule has 0 aromatic heterocycles. The Hall–Kier alpha value is -1.92. The van der Waals surface area contributed by atoms with Crippen LogP contribution >= 0.6 is 0 Å². The Bertz CT molecular complexity index is 477. The van der Waals surface area contributed by atoms with E-state index in [4.69, 9.17) is 19.3 Å². The zero-order valence-corrected chi connectivity index (χ0v) is 9.71. The third kappa shape index (κ3) is 2.49. The van der Waals surface area contributed by atoms with Crippen LogP contribution in [0.5, 0.6) is 0 Å². The fourth-order valence-electron chi connectivity index (χ4n) is 1.44. The van der Waals surface area contributed by atoms with E-state index in [2.05, 4.69) is 0 Å². The lowest BCUT2D eigenvalue weighted by molar-refractivity contribution is -0.0577. The number of carboxylic acid groups (broad SMARTS) is 1. The number of hydrogen-bond donors (Lipinski definition) is 1. The first-order valence-corrected chi connectivity index (χ1v) is 5.26. The Morgan fingerprint density at radius 1 is 1.39 bits per heavy atom. The first-order chi connectivity index (χ1) is 8.58. The fraction of sp³-hybridized carbons (Fsp3) is 0.333. The minimum Gasteiger partial charge on any atom is -0.478 e. The molecule has 0 amide bonds. The van der Waals surface area contributed by atoms with Crippen LogP contribution in [0.2, 0.25) is 0 Å². The van der Waals surface area contributed by atoms with Crippen LogP contribution in [0.25, 0.3) is 0 Å². The highest BCUT2D eigenvalue weighted by molar-refractivity contribution is 6.02.